The van der Waals surface area contributed by atoms with E-state index in [1.54, 1.807) is 13.8 Å². The molecular formula is C27H36N8O7. The number of aliphatic imine (C=N–C) groups is 1. The van der Waals surface area contributed by atoms with E-state index >= 15 is 0 Å². The number of aliphatic hydroxyl groups is 1. The van der Waals surface area contributed by atoms with Crippen LogP contribution in [0.4, 0.5) is 0 Å². The van der Waals surface area contributed by atoms with Gasteiger partial charge in [0.15, 0.2) is 12.1 Å². The largest absolute Gasteiger partial charge is 0.451 e. The molecule has 42 heavy (non-hydrogen) atoms. The SMILES string of the molecule is CC(NC(=O)[C@@H]1C[C@H](n2nncc2C(C)(C)O)CN1C(=O)/C(CC1CCCCC1)=N/C(=O)c1cocn1)C(=O)C(N)=O. The zero-order valence-corrected chi connectivity index (χ0v) is 23.9. The van der Waals surface area contributed by atoms with Gasteiger partial charge in [-0.15, -0.1) is 5.10 Å². The van der Waals surface area contributed by atoms with Gasteiger partial charge in [-0.2, -0.15) is 0 Å². The van der Waals surface area contributed by atoms with Gasteiger partial charge in [-0.05, 0) is 33.1 Å². The van der Waals surface area contributed by atoms with Crippen LogP contribution in [-0.2, 0) is 24.8 Å². The number of primary amides is 1. The van der Waals surface area contributed by atoms with E-state index in [0.29, 0.717) is 5.69 Å². The van der Waals surface area contributed by atoms with Crippen molar-refractivity contribution in [2.45, 2.75) is 89.4 Å². The summed E-state index contributed by atoms with van der Waals surface area (Å²) < 4.78 is 6.36. The van der Waals surface area contributed by atoms with Crippen LogP contribution in [0.3, 0.4) is 0 Å². The van der Waals surface area contributed by atoms with E-state index in [2.05, 4.69) is 25.6 Å². The first kappa shape index (κ1) is 30.7. The molecule has 0 aromatic carbocycles. The van der Waals surface area contributed by atoms with Gasteiger partial charge < -0.3 is 25.5 Å². The lowest BCUT2D eigenvalue weighted by molar-refractivity contribution is -0.139. The van der Waals surface area contributed by atoms with E-state index in [-0.39, 0.29) is 36.7 Å². The molecule has 2 aliphatic rings. The third kappa shape index (κ3) is 6.95. The maximum Gasteiger partial charge on any atom is 0.299 e. The molecule has 4 amide bonds. The van der Waals surface area contributed by atoms with E-state index in [0.717, 1.165) is 44.8 Å². The van der Waals surface area contributed by atoms with Crippen molar-refractivity contribution in [1.82, 2.24) is 30.2 Å². The number of aromatic nitrogens is 4. The second-order valence-corrected chi connectivity index (χ2v) is 11.4. The standard InChI is InChI=1S/C27H36N8O7/c1-15(22(36)23(28)37)31-25(39)20-10-17(35-21(11-30-33-35)27(2,3)41)12-34(20)26(40)18(9-16-7-5-4-6-8-16)32-24(38)19-13-42-14-29-19/h11,13-17,20,41H,4-10,12H2,1-3H3,(H2,28,37)(H,31,39)/b32-18+/t15?,17-,20-/m0/s1. The van der Waals surface area contributed by atoms with Crippen molar-refractivity contribution in [3.8, 4) is 0 Å². The lowest BCUT2D eigenvalue weighted by Crippen LogP contribution is -2.52. The van der Waals surface area contributed by atoms with Crippen LogP contribution in [0.15, 0.2) is 28.3 Å². The van der Waals surface area contributed by atoms with Crippen LogP contribution in [0.1, 0.15) is 87.9 Å². The van der Waals surface area contributed by atoms with Crippen molar-refractivity contribution >= 4 is 35.1 Å². The van der Waals surface area contributed by atoms with Crippen molar-refractivity contribution < 1.29 is 33.5 Å². The number of oxazole rings is 1. The second kappa shape index (κ2) is 12.7. The van der Waals surface area contributed by atoms with Gasteiger partial charge in [0, 0.05) is 13.0 Å². The van der Waals surface area contributed by atoms with Crippen LogP contribution < -0.4 is 11.1 Å². The highest BCUT2D eigenvalue weighted by atomic mass is 16.3. The third-order valence-electron chi connectivity index (χ3n) is 7.73. The number of rotatable bonds is 10. The van der Waals surface area contributed by atoms with Gasteiger partial charge in [0.25, 0.3) is 17.7 Å². The summed E-state index contributed by atoms with van der Waals surface area (Å²) in [6.45, 7) is 4.42. The fourth-order valence-electron chi connectivity index (χ4n) is 5.51. The quantitative estimate of drug-likeness (QED) is 0.259. The van der Waals surface area contributed by atoms with E-state index in [1.807, 2.05) is 0 Å². The predicted octanol–water partition coefficient (Wildman–Crippen LogP) is 0.446. The number of hydrogen-bond donors (Lipinski definition) is 3. The molecule has 4 rings (SSSR count). The van der Waals surface area contributed by atoms with E-state index in [4.69, 9.17) is 10.2 Å². The molecule has 226 valence electrons. The Hall–Kier alpha value is -4.27. The fourth-order valence-corrected chi connectivity index (χ4v) is 5.51. The van der Waals surface area contributed by atoms with Crippen LogP contribution in [-0.4, -0.2) is 83.7 Å². The molecule has 3 heterocycles. The molecule has 2 fully saturated rings. The van der Waals surface area contributed by atoms with Crippen molar-refractivity contribution in [3.05, 3.63) is 30.2 Å². The van der Waals surface area contributed by atoms with Crippen molar-refractivity contribution in [3.63, 3.8) is 0 Å². The number of carbonyl (C=O) groups excluding carboxylic acids is 5. The van der Waals surface area contributed by atoms with E-state index in [9.17, 15) is 29.1 Å². The maximum atomic E-state index is 14.1. The van der Waals surface area contributed by atoms with Crippen LogP contribution in [0.25, 0.3) is 0 Å². The number of hydrogen-bond acceptors (Lipinski definition) is 10. The molecule has 2 aromatic heterocycles. The smallest absolute Gasteiger partial charge is 0.299 e. The molecule has 1 unspecified atom stereocenters. The Morgan fingerprint density at radius 3 is 2.55 bits per heavy atom. The molecule has 15 heteroatoms. The normalized spacial score (nSPS) is 20.8. The summed E-state index contributed by atoms with van der Waals surface area (Å²) in [5, 5.41) is 21.1. The first-order chi connectivity index (χ1) is 19.9. The minimum absolute atomic E-state index is 0.0177. The summed E-state index contributed by atoms with van der Waals surface area (Å²) in [6.07, 6.45) is 8.74. The molecule has 1 saturated heterocycles. The molecule has 15 nitrogen and oxygen atoms in total. The molecule has 0 spiro atoms. The Morgan fingerprint density at radius 1 is 1.21 bits per heavy atom. The summed E-state index contributed by atoms with van der Waals surface area (Å²) >= 11 is 0. The lowest BCUT2D eigenvalue weighted by atomic mass is 9.85. The highest BCUT2D eigenvalue weighted by Crippen LogP contribution is 2.33. The average Bonchev–Trinajstić information content (AvgIpc) is 3.72. The highest BCUT2D eigenvalue weighted by molar-refractivity contribution is 6.41. The average molecular weight is 585 g/mol. The Labute approximate surface area is 241 Å². The number of nitrogens with zero attached hydrogens (tertiary/aromatic N) is 6. The van der Waals surface area contributed by atoms with Crippen LogP contribution >= 0.6 is 0 Å². The van der Waals surface area contributed by atoms with Crippen molar-refractivity contribution in [2.75, 3.05) is 6.54 Å². The first-order valence-electron chi connectivity index (χ1n) is 13.9. The number of nitrogens with two attached hydrogens (primary N) is 1. The lowest BCUT2D eigenvalue weighted by Gasteiger charge is -2.27. The molecule has 1 saturated carbocycles. The molecular weight excluding hydrogens is 548 g/mol. The monoisotopic (exact) mass is 584 g/mol. The Balaban J connectivity index is 1.68. The minimum Gasteiger partial charge on any atom is -0.451 e. The number of Topliss-reactive ketones (excluding diaryl/α,β-unsaturated/α-hetero) is 1. The number of likely N-dealkylation sites (tertiary alicyclic amines) is 1. The summed E-state index contributed by atoms with van der Waals surface area (Å²) in [4.78, 5) is 73.3. The summed E-state index contributed by atoms with van der Waals surface area (Å²) in [5.41, 5.74) is 4.07. The fraction of sp³-hybridized carbons (Fsp3) is 0.593. The van der Waals surface area contributed by atoms with Crippen molar-refractivity contribution in [1.29, 1.82) is 0 Å². The van der Waals surface area contributed by atoms with Gasteiger partial charge in [0.2, 0.25) is 11.7 Å². The van der Waals surface area contributed by atoms with Crippen LogP contribution in [0.2, 0.25) is 0 Å². The highest BCUT2D eigenvalue weighted by Gasteiger charge is 2.44. The summed E-state index contributed by atoms with van der Waals surface area (Å²) in [6, 6.07) is -2.94. The Morgan fingerprint density at radius 2 is 1.93 bits per heavy atom. The predicted molar refractivity (Wildman–Crippen MR) is 146 cm³/mol. The minimum atomic E-state index is -1.32. The number of ketones is 1. The number of amides is 4. The summed E-state index contributed by atoms with van der Waals surface area (Å²) in [7, 11) is 0. The Kier molecular flexibility index (Phi) is 9.29. The molecule has 4 N–H and O–H groups in total. The molecule has 2 aromatic rings. The van der Waals surface area contributed by atoms with E-state index in [1.165, 1.54) is 22.7 Å². The van der Waals surface area contributed by atoms with E-state index < -0.39 is 53.1 Å². The molecule has 1 aliphatic heterocycles. The summed E-state index contributed by atoms with van der Waals surface area (Å²) in [5.74, 6) is -4.14. The zero-order chi connectivity index (χ0) is 30.6. The van der Waals surface area contributed by atoms with Crippen molar-refractivity contribution in [2.24, 2.45) is 16.6 Å². The van der Waals surface area contributed by atoms with Gasteiger partial charge in [-0.3, -0.25) is 24.0 Å². The molecule has 0 bridgehead atoms. The number of nitrogens with one attached hydrogen (secondary N) is 1. The van der Waals surface area contributed by atoms with Crippen LogP contribution in [0.5, 0.6) is 0 Å². The van der Waals surface area contributed by atoms with Gasteiger partial charge in [-0.25, -0.2) is 14.7 Å². The van der Waals surface area contributed by atoms with Gasteiger partial charge in [0.1, 0.15) is 23.6 Å². The maximum absolute atomic E-state index is 14.1. The molecule has 0 radical (unpaired) electrons. The van der Waals surface area contributed by atoms with Gasteiger partial charge in [-0.1, -0.05) is 37.3 Å². The van der Waals surface area contributed by atoms with Gasteiger partial charge >= 0.3 is 0 Å². The third-order valence-corrected chi connectivity index (χ3v) is 7.73. The molecule has 1 aliphatic carbocycles. The molecule has 3 atom stereocenters. The van der Waals surface area contributed by atoms with Crippen LogP contribution in [0, 0.1) is 5.92 Å². The second-order valence-electron chi connectivity index (χ2n) is 11.4. The number of carbonyl (C=O) groups is 5. The zero-order valence-electron chi connectivity index (χ0n) is 23.9. The first-order valence-corrected chi connectivity index (χ1v) is 13.9. The topological polar surface area (TPSA) is 216 Å². The Bertz CT molecular complexity index is 1350. The van der Waals surface area contributed by atoms with Gasteiger partial charge in [0.05, 0.1) is 24.0 Å².